The zero-order valence-electron chi connectivity index (χ0n) is 12.5. The number of rotatable bonds is 5. The summed E-state index contributed by atoms with van der Waals surface area (Å²) >= 11 is 0. The van der Waals surface area contributed by atoms with Crippen molar-refractivity contribution in [1.29, 1.82) is 0 Å². The smallest absolute Gasteiger partial charge is 0.254 e. The molecule has 1 aliphatic rings. The van der Waals surface area contributed by atoms with Gasteiger partial charge in [-0.1, -0.05) is 0 Å². The molecule has 21 heavy (non-hydrogen) atoms. The van der Waals surface area contributed by atoms with Crippen LogP contribution in [0.2, 0.25) is 0 Å². The summed E-state index contributed by atoms with van der Waals surface area (Å²) < 4.78 is 0. The van der Waals surface area contributed by atoms with Crippen LogP contribution in [0.1, 0.15) is 49.9 Å². The molecule has 1 aromatic heterocycles. The van der Waals surface area contributed by atoms with E-state index in [-0.39, 0.29) is 23.8 Å². The van der Waals surface area contributed by atoms with Gasteiger partial charge in [0, 0.05) is 18.3 Å². The van der Waals surface area contributed by atoms with Crippen molar-refractivity contribution >= 4 is 17.7 Å². The molecule has 0 spiro atoms. The molecule has 1 aliphatic carbocycles. The van der Waals surface area contributed by atoms with Crippen molar-refractivity contribution in [2.75, 3.05) is 10.6 Å². The van der Waals surface area contributed by atoms with E-state index < -0.39 is 5.91 Å². The first-order valence-electron chi connectivity index (χ1n) is 7.33. The van der Waals surface area contributed by atoms with Crippen LogP contribution in [-0.4, -0.2) is 39.2 Å². The van der Waals surface area contributed by atoms with Gasteiger partial charge in [0.05, 0.1) is 11.7 Å². The molecule has 5 N–H and O–H groups in total. The van der Waals surface area contributed by atoms with E-state index >= 15 is 0 Å². The molecule has 1 saturated carbocycles. The molecule has 7 heteroatoms. The first-order chi connectivity index (χ1) is 9.95. The number of carbonyl (C=O) groups is 1. The molecule has 1 amide bonds. The summed E-state index contributed by atoms with van der Waals surface area (Å²) in [6, 6.07) is 0.280. The van der Waals surface area contributed by atoms with Crippen LogP contribution in [0.25, 0.3) is 0 Å². The van der Waals surface area contributed by atoms with Crippen molar-refractivity contribution < 1.29 is 9.90 Å². The zero-order valence-corrected chi connectivity index (χ0v) is 12.5. The zero-order chi connectivity index (χ0) is 15.4. The molecule has 1 heterocycles. The van der Waals surface area contributed by atoms with Gasteiger partial charge in [0.25, 0.3) is 5.91 Å². The fourth-order valence-electron chi connectivity index (χ4n) is 2.49. The van der Waals surface area contributed by atoms with Gasteiger partial charge >= 0.3 is 0 Å². The molecule has 0 aromatic carbocycles. The molecular formula is C14H23N5O2. The van der Waals surface area contributed by atoms with Crippen LogP contribution in [0, 0.1) is 0 Å². The maximum absolute atomic E-state index is 11.5. The minimum Gasteiger partial charge on any atom is -0.393 e. The van der Waals surface area contributed by atoms with E-state index in [2.05, 4.69) is 20.6 Å². The number of nitrogens with two attached hydrogens (primary N) is 1. The van der Waals surface area contributed by atoms with E-state index in [4.69, 9.17) is 5.73 Å². The maximum Gasteiger partial charge on any atom is 0.254 e. The second kappa shape index (κ2) is 6.71. The van der Waals surface area contributed by atoms with Crippen LogP contribution >= 0.6 is 0 Å². The van der Waals surface area contributed by atoms with Gasteiger partial charge < -0.3 is 21.5 Å². The van der Waals surface area contributed by atoms with Crippen molar-refractivity contribution in [3.8, 4) is 0 Å². The van der Waals surface area contributed by atoms with Crippen LogP contribution in [-0.2, 0) is 0 Å². The molecule has 0 saturated heterocycles. The number of hydrogen-bond acceptors (Lipinski definition) is 6. The number of nitrogens with zero attached hydrogens (tertiary/aromatic N) is 2. The molecule has 0 aliphatic heterocycles. The van der Waals surface area contributed by atoms with Crippen LogP contribution in [0.3, 0.4) is 0 Å². The molecule has 2 rings (SSSR count). The Morgan fingerprint density at radius 1 is 1.48 bits per heavy atom. The van der Waals surface area contributed by atoms with Gasteiger partial charge in [-0.15, -0.1) is 0 Å². The highest BCUT2D eigenvalue weighted by atomic mass is 16.3. The van der Waals surface area contributed by atoms with Gasteiger partial charge in [0.2, 0.25) is 5.95 Å². The third-order valence-corrected chi connectivity index (χ3v) is 3.46. The highest BCUT2D eigenvalue weighted by Gasteiger charge is 2.22. The van der Waals surface area contributed by atoms with E-state index in [0.29, 0.717) is 18.2 Å². The van der Waals surface area contributed by atoms with Gasteiger partial charge in [-0.2, -0.15) is 4.98 Å². The summed E-state index contributed by atoms with van der Waals surface area (Å²) in [5.74, 6) is 0.318. The number of aliphatic hydroxyl groups excluding tert-OH is 1. The number of aromatic nitrogens is 2. The molecule has 0 radical (unpaired) electrons. The van der Waals surface area contributed by atoms with Crippen LogP contribution in [0.15, 0.2) is 6.20 Å². The van der Waals surface area contributed by atoms with Crippen molar-refractivity contribution in [3.63, 3.8) is 0 Å². The molecule has 0 bridgehead atoms. The van der Waals surface area contributed by atoms with Crippen LogP contribution in [0.4, 0.5) is 11.8 Å². The summed E-state index contributed by atoms with van der Waals surface area (Å²) in [4.78, 5) is 19.9. The van der Waals surface area contributed by atoms with Crippen molar-refractivity contribution in [1.82, 2.24) is 9.97 Å². The highest BCUT2D eigenvalue weighted by molar-refractivity contribution is 5.97. The Morgan fingerprint density at radius 3 is 2.86 bits per heavy atom. The van der Waals surface area contributed by atoms with Crippen molar-refractivity contribution in [2.24, 2.45) is 5.73 Å². The van der Waals surface area contributed by atoms with E-state index in [1.54, 1.807) is 0 Å². The third-order valence-electron chi connectivity index (χ3n) is 3.46. The van der Waals surface area contributed by atoms with E-state index in [1.165, 1.54) is 6.20 Å². The molecule has 2 atom stereocenters. The summed E-state index contributed by atoms with van der Waals surface area (Å²) in [7, 11) is 0. The third kappa shape index (κ3) is 4.29. The molecule has 116 valence electrons. The maximum atomic E-state index is 11.5. The average molecular weight is 293 g/mol. The fraction of sp³-hybridized carbons (Fsp3) is 0.643. The summed E-state index contributed by atoms with van der Waals surface area (Å²) in [5, 5.41) is 16.0. The molecule has 1 fully saturated rings. The van der Waals surface area contributed by atoms with Crippen LogP contribution < -0.4 is 16.4 Å². The lowest BCUT2D eigenvalue weighted by atomic mass is 9.93. The summed E-state index contributed by atoms with van der Waals surface area (Å²) in [6.45, 7) is 3.96. The van der Waals surface area contributed by atoms with Gasteiger partial charge in [0.15, 0.2) is 0 Å². The normalized spacial score (nSPS) is 22.1. The van der Waals surface area contributed by atoms with Crippen LogP contribution in [0.5, 0.6) is 0 Å². The van der Waals surface area contributed by atoms with Gasteiger partial charge in [-0.25, -0.2) is 4.98 Å². The number of nitrogens with one attached hydrogen (secondary N) is 2. The fourth-order valence-corrected chi connectivity index (χ4v) is 2.49. The van der Waals surface area contributed by atoms with Gasteiger partial charge in [-0.05, 0) is 39.5 Å². The summed E-state index contributed by atoms with van der Waals surface area (Å²) in [5.41, 5.74) is 5.64. The van der Waals surface area contributed by atoms with Gasteiger partial charge in [0.1, 0.15) is 5.82 Å². The lowest BCUT2D eigenvalue weighted by Gasteiger charge is -2.27. The second-order valence-corrected chi connectivity index (χ2v) is 5.78. The lowest BCUT2D eigenvalue weighted by Crippen LogP contribution is -2.31. The topological polar surface area (TPSA) is 113 Å². The van der Waals surface area contributed by atoms with Crippen molar-refractivity contribution in [3.05, 3.63) is 11.8 Å². The Kier molecular flexibility index (Phi) is 4.95. The standard InChI is InChI=1S/C14H23N5O2/c1-8(2)17-14-16-7-11(12(15)21)13(19-14)18-9-4-3-5-10(20)6-9/h7-10,20H,3-6H2,1-2H3,(H2,15,21)(H2,16,17,18,19)/t9-,10+/m1/s1. The van der Waals surface area contributed by atoms with E-state index in [9.17, 15) is 9.90 Å². The monoisotopic (exact) mass is 293 g/mol. The van der Waals surface area contributed by atoms with Gasteiger partial charge in [-0.3, -0.25) is 4.79 Å². The molecule has 1 aromatic rings. The number of carbonyl (C=O) groups excluding carboxylic acids is 1. The Bertz CT molecular complexity index is 506. The Hall–Kier alpha value is -1.89. The predicted octanol–water partition coefficient (Wildman–Crippen LogP) is 1.11. The average Bonchev–Trinajstić information content (AvgIpc) is 2.37. The van der Waals surface area contributed by atoms with E-state index in [0.717, 1.165) is 19.3 Å². The lowest BCUT2D eigenvalue weighted by molar-refractivity contribution is 0.100. The number of amides is 1. The Morgan fingerprint density at radius 2 is 2.24 bits per heavy atom. The number of hydrogen-bond donors (Lipinski definition) is 4. The Labute approximate surface area is 124 Å². The molecule has 7 nitrogen and oxygen atoms in total. The Balaban J connectivity index is 2.19. The number of primary amides is 1. The first-order valence-corrected chi connectivity index (χ1v) is 7.33. The number of anilines is 2. The second-order valence-electron chi connectivity index (χ2n) is 5.78. The minimum absolute atomic E-state index is 0.0913. The SMILES string of the molecule is CC(C)Nc1ncc(C(N)=O)c(N[C@@H]2CCC[C@H](O)C2)n1. The largest absolute Gasteiger partial charge is 0.393 e. The number of aliphatic hydroxyl groups is 1. The minimum atomic E-state index is -0.565. The molecular weight excluding hydrogens is 270 g/mol. The van der Waals surface area contributed by atoms with Crippen molar-refractivity contribution in [2.45, 2.75) is 57.7 Å². The quantitative estimate of drug-likeness (QED) is 0.647. The molecule has 0 unspecified atom stereocenters. The first kappa shape index (κ1) is 15.5. The summed E-state index contributed by atoms with van der Waals surface area (Å²) in [6.07, 6.45) is 4.49. The highest BCUT2D eigenvalue weighted by Crippen LogP contribution is 2.23. The van der Waals surface area contributed by atoms with E-state index in [1.807, 2.05) is 13.8 Å². The predicted molar refractivity (Wildman–Crippen MR) is 81.2 cm³/mol.